The molecule has 2 fully saturated rings. The molecule has 0 saturated carbocycles. The Kier molecular flexibility index (Phi) is 14.0. The van der Waals surface area contributed by atoms with Crippen molar-refractivity contribution in [3.63, 3.8) is 0 Å². The first kappa shape index (κ1) is 29.4. The Morgan fingerprint density at radius 2 is 1.41 bits per heavy atom. The highest BCUT2D eigenvalue weighted by atomic mass is 35.5. The number of quaternary nitrogens is 2. The minimum absolute atomic E-state index is 0. The summed E-state index contributed by atoms with van der Waals surface area (Å²) in [5.74, 6) is 2.14. The van der Waals surface area contributed by atoms with Crippen molar-refractivity contribution in [3.8, 4) is 0 Å². The summed E-state index contributed by atoms with van der Waals surface area (Å²) in [5.41, 5.74) is 3.36. The quantitative estimate of drug-likeness (QED) is 0.292. The molecular formula is C26H44Cl2N2O2. The maximum atomic E-state index is 12.5. The van der Waals surface area contributed by atoms with Crippen LogP contribution in [0.25, 0.3) is 0 Å². The molecule has 2 aliphatic rings. The Labute approximate surface area is 208 Å². The lowest BCUT2D eigenvalue weighted by Gasteiger charge is -2.31. The molecule has 0 amide bonds. The van der Waals surface area contributed by atoms with Crippen LogP contribution in [0.2, 0.25) is 0 Å². The molecule has 0 aliphatic carbocycles. The lowest BCUT2D eigenvalue weighted by molar-refractivity contribution is -0.906. The van der Waals surface area contributed by atoms with Crippen LogP contribution in [-0.4, -0.2) is 56.8 Å². The molecule has 0 unspecified atom stereocenters. The van der Waals surface area contributed by atoms with Gasteiger partial charge in [0.1, 0.15) is 6.54 Å². The monoisotopic (exact) mass is 486 g/mol. The SMILES string of the molecule is Cc1ccc(C(=O)CC[NH+]2CCC(CCCC3CC[NH+](CCO)CC3)CC2)cc1C.[Cl-].[Cl-]. The van der Waals surface area contributed by atoms with Gasteiger partial charge in [0.2, 0.25) is 0 Å². The van der Waals surface area contributed by atoms with Gasteiger partial charge in [0.05, 0.1) is 45.8 Å². The molecule has 3 N–H and O–H groups in total. The van der Waals surface area contributed by atoms with E-state index < -0.39 is 0 Å². The zero-order chi connectivity index (χ0) is 21.3. The number of aliphatic hydroxyl groups is 1. The Morgan fingerprint density at radius 3 is 1.91 bits per heavy atom. The van der Waals surface area contributed by atoms with Gasteiger partial charge in [-0.25, -0.2) is 0 Å². The molecule has 6 heteroatoms. The summed E-state index contributed by atoms with van der Waals surface area (Å²) in [6.45, 7) is 11.4. The van der Waals surface area contributed by atoms with Crippen LogP contribution in [0.15, 0.2) is 18.2 Å². The average Bonchev–Trinajstić information content (AvgIpc) is 2.76. The van der Waals surface area contributed by atoms with E-state index in [9.17, 15) is 4.79 Å². The molecule has 4 nitrogen and oxygen atoms in total. The van der Waals surface area contributed by atoms with E-state index in [-0.39, 0.29) is 24.8 Å². The number of hydrogen-bond donors (Lipinski definition) is 3. The van der Waals surface area contributed by atoms with E-state index >= 15 is 0 Å². The molecule has 32 heavy (non-hydrogen) atoms. The Hall–Kier alpha value is -0.650. The maximum absolute atomic E-state index is 12.5. The van der Waals surface area contributed by atoms with Gasteiger partial charge in [-0.15, -0.1) is 0 Å². The number of benzene rings is 1. The average molecular weight is 488 g/mol. The summed E-state index contributed by atoms with van der Waals surface area (Å²) < 4.78 is 0. The molecule has 1 aromatic rings. The Bertz CT molecular complexity index is 670. The number of carbonyl (C=O) groups excluding carboxylic acids is 1. The van der Waals surface area contributed by atoms with Crippen LogP contribution in [0.1, 0.15) is 72.9 Å². The standard InChI is InChI=1S/C26H42N2O2.2ClH/c1-21-6-7-25(20-22(21)2)26(30)12-17-27-13-8-23(9-14-27)4-3-5-24-10-15-28(16-11-24)18-19-29;;/h6-7,20,23-24,29H,3-5,8-19H2,1-2H3;2*1H. The van der Waals surface area contributed by atoms with Gasteiger partial charge in [-0.1, -0.05) is 31.4 Å². The summed E-state index contributed by atoms with van der Waals surface area (Å²) in [6.07, 6.45) is 10.3. The zero-order valence-corrected chi connectivity index (χ0v) is 21.6. The fraction of sp³-hybridized carbons (Fsp3) is 0.731. The fourth-order valence-corrected chi connectivity index (χ4v) is 5.45. The van der Waals surface area contributed by atoms with Gasteiger partial charge in [0.25, 0.3) is 0 Å². The molecule has 0 radical (unpaired) electrons. The summed E-state index contributed by atoms with van der Waals surface area (Å²) in [4.78, 5) is 15.8. The van der Waals surface area contributed by atoms with Gasteiger partial charge in [-0.3, -0.25) is 4.79 Å². The first-order valence-electron chi connectivity index (χ1n) is 12.4. The fourth-order valence-electron chi connectivity index (χ4n) is 5.45. The van der Waals surface area contributed by atoms with Gasteiger partial charge < -0.3 is 39.7 Å². The lowest BCUT2D eigenvalue weighted by atomic mass is 9.87. The summed E-state index contributed by atoms with van der Waals surface area (Å²) >= 11 is 0. The van der Waals surface area contributed by atoms with Crippen LogP contribution >= 0.6 is 0 Å². The number of halogens is 2. The molecule has 2 heterocycles. The maximum Gasteiger partial charge on any atom is 0.168 e. The van der Waals surface area contributed by atoms with Crippen molar-refractivity contribution in [1.82, 2.24) is 0 Å². The number of aliphatic hydroxyl groups excluding tert-OH is 1. The van der Waals surface area contributed by atoms with E-state index in [0.717, 1.165) is 30.5 Å². The number of aryl methyl sites for hydroxylation is 2. The minimum atomic E-state index is 0. The zero-order valence-electron chi connectivity index (χ0n) is 20.1. The van der Waals surface area contributed by atoms with Gasteiger partial charge in [0, 0.05) is 5.56 Å². The lowest BCUT2D eigenvalue weighted by Crippen LogP contribution is -3.13. The van der Waals surface area contributed by atoms with Gasteiger partial charge >= 0.3 is 0 Å². The topological polar surface area (TPSA) is 46.2 Å². The van der Waals surface area contributed by atoms with Gasteiger partial charge in [-0.05, 0) is 68.6 Å². The highest BCUT2D eigenvalue weighted by molar-refractivity contribution is 5.96. The first-order chi connectivity index (χ1) is 14.5. The second-order valence-corrected chi connectivity index (χ2v) is 10.0. The molecule has 0 bridgehead atoms. The van der Waals surface area contributed by atoms with Crippen LogP contribution in [0, 0.1) is 25.7 Å². The number of likely N-dealkylation sites (tertiary alicyclic amines) is 2. The van der Waals surface area contributed by atoms with Crippen LogP contribution in [0.3, 0.4) is 0 Å². The number of carbonyl (C=O) groups is 1. The predicted molar refractivity (Wildman–Crippen MR) is 122 cm³/mol. The second kappa shape index (κ2) is 15.3. The van der Waals surface area contributed by atoms with Crippen molar-refractivity contribution in [3.05, 3.63) is 34.9 Å². The van der Waals surface area contributed by atoms with E-state index in [4.69, 9.17) is 5.11 Å². The van der Waals surface area contributed by atoms with E-state index in [1.165, 1.54) is 82.3 Å². The normalized spacial score (nSPS) is 25.5. The molecule has 3 rings (SSSR count). The van der Waals surface area contributed by atoms with Gasteiger partial charge in [-0.2, -0.15) is 0 Å². The molecular weight excluding hydrogens is 443 g/mol. The van der Waals surface area contributed by atoms with Crippen LogP contribution in [0.5, 0.6) is 0 Å². The summed E-state index contributed by atoms with van der Waals surface area (Å²) in [6, 6.07) is 6.11. The largest absolute Gasteiger partial charge is 1.00 e. The van der Waals surface area contributed by atoms with Crippen molar-refractivity contribution in [2.75, 3.05) is 45.9 Å². The third-order valence-corrected chi connectivity index (χ3v) is 7.85. The summed E-state index contributed by atoms with van der Waals surface area (Å²) in [7, 11) is 0. The second-order valence-electron chi connectivity index (χ2n) is 10.0. The Balaban J connectivity index is 0.00000256. The number of piperidine rings is 2. The van der Waals surface area contributed by atoms with Crippen molar-refractivity contribution in [2.45, 2.75) is 65.2 Å². The van der Waals surface area contributed by atoms with E-state index in [1.54, 1.807) is 9.80 Å². The highest BCUT2D eigenvalue weighted by Crippen LogP contribution is 2.23. The number of rotatable bonds is 10. The van der Waals surface area contributed by atoms with Crippen molar-refractivity contribution in [1.29, 1.82) is 0 Å². The Morgan fingerprint density at radius 1 is 0.875 bits per heavy atom. The third-order valence-electron chi connectivity index (χ3n) is 7.85. The van der Waals surface area contributed by atoms with Crippen molar-refractivity contribution < 1.29 is 44.5 Å². The minimum Gasteiger partial charge on any atom is -1.00 e. The van der Waals surface area contributed by atoms with Crippen LogP contribution < -0.4 is 34.6 Å². The van der Waals surface area contributed by atoms with Crippen LogP contribution in [-0.2, 0) is 0 Å². The van der Waals surface area contributed by atoms with Gasteiger partial charge in [0.15, 0.2) is 5.78 Å². The molecule has 0 aromatic heterocycles. The number of Topliss-reactive ketones (excluding diaryl/α,β-unsaturated/α-hetero) is 1. The molecule has 1 aromatic carbocycles. The molecule has 0 spiro atoms. The molecule has 2 aliphatic heterocycles. The number of ketones is 1. The number of nitrogens with one attached hydrogen (secondary N) is 2. The number of hydrogen-bond acceptors (Lipinski definition) is 2. The van der Waals surface area contributed by atoms with E-state index in [2.05, 4.69) is 26.0 Å². The van der Waals surface area contributed by atoms with Crippen molar-refractivity contribution >= 4 is 5.78 Å². The van der Waals surface area contributed by atoms with Crippen LogP contribution in [0.4, 0.5) is 0 Å². The third kappa shape index (κ3) is 9.30. The molecule has 184 valence electrons. The first-order valence-corrected chi connectivity index (χ1v) is 12.4. The van der Waals surface area contributed by atoms with E-state index in [1.807, 2.05) is 6.07 Å². The smallest absolute Gasteiger partial charge is 0.168 e. The van der Waals surface area contributed by atoms with Crippen molar-refractivity contribution in [2.24, 2.45) is 11.8 Å². The molecule has 2 saturated heterocycles. The highest BCUT2D eigenvalue weighted by Gasteiger charge is 2.24. The summed E-state index contributed by atoms with van der Waals surface area (Å²) in [5, 5.41) is 9.08. The van der Waals surface area contributed by atoms with E-state index in [0.29, 0.717) is 18.8 Å². The molecule has 0 atom stereocenters. The predicted octanol–water partition coefficient (Wildman–Crippen LogP) is -4.36.